The molecule has 0 fully saturated rings. The average Bonchev–Trinajstić information content (AvgIpc) is 2.28. The molecule has 0 heterocycles. The van der Waals surface area contributed by atoms with Gasteiger partial charge in [-0.1, -0.05) is 6.07 Å². The minimum Gasteiger partial charge on any atom is -0.478 e. The third-order valence-corrected chi connectivity index (χ3v) is 2.90. The Morgan fingerprint density at radius 2 is 2.12 bits per heavy atom. The second-order valence-corrected chi connectivity index (χ2v) is 4.61. The van der Waals surface area contributed by atoms with Crippen LogP contribution in [0.25, 0.3) is 0 Å². The Hall–Kier alpha value is -1.49. The van der Waals surface area contributed by atoms with Gasteiger partial charge in [0.1, 0.15) is 0 Å². The molecule has 1 rings (SSSR count). The number of rotatable bonds is 5. The highest BCUT2D eigenvalue weighted by atomic mass is 32.2. The van der Waals surface area contributed by atoms with E-state index < -0.39 is 5.97 Å². The Morgan fingerprint density at radius 1 is 1.41 bits per heavy atom. The van der Waals surface area contributed by atoms with Crippen LogP contribution in [0.5, 0.6) is 0 Å². The minimum absolute atomic E-state index is 0.0976. The van der Waals surface area contributed by atoms with Crippen molar-refractivity contribution in [3.05, 3.63) is 29.3 Å². The predicted octanol–water partition coefficient (Wildman–Crippen LogP) is 2.38. The van der Waals surface area contributed by atoms with Crippen molar-refractivity contribution in [2.75, 3.05) is 17.3 Å². The van der Waals surface area contributed by atoms with Crippen LogP contribution in [0.2, 0.25) is 0 Å². The maximum absolute atomic E-state index is 11.5. The molecule has 1 amide bonds. The molecule has 0 aliphatic heterocycles. The van der Waals surface area contributed by atoms with E-state index in [2.05, 4.69) is 5.32 Å². The van der Waals surface area contributed by atoms with Gasteiger partial charge in [-0.25, -0.2) is 4.79 Å². The standard InChI is InChI=1S/C12H15NO3S/c1-8-3-4-9(7-10(8)12(15)16)13-11(14)5-6-17-2/h3-4,7H,5-6H2,1-2H3,(H,13,14)(H,15,16). The summed E-state index contributed by atoms with van der Waals surface area (Å²) in [4.78, 5) is 22.4. The van der Waals surface area contributed by atoms with Crippen molar-refractivity contribution < 1.29 is 14.7 Å². The van der Waals surface area contributed by atoms with Crippen LogP contribution in [0.3, 0.4) is 0 Å². The summed E-state index contributed by atoms with van der Waals surface area (Å²) in [7, 11) is 0. The average molecular weight is 253 g/mol. The van der Waals surface area contributed by atoms with E-state index in [9.17, 15) is 9.59 Å². The van der Waals surface area contributed by atoms with Gasteiger partial charge in [0.2, 0.25) is 5.91 Å². The summed E-state index contributed by atoms with van der Waals surface area (Å²) in [6.07, 6.45) is 2.36. The lowest BCUT2D eigenvalue weighted by atomic mass is 10.1. The van der Waals surface area contributed by atoms with E-state index in [4.69, 9.17) is 5.11 Å². The van der Waals surface area contributed by atoms with Crippen molar-refractivity contribution in [3.63, 3.8) is 0 Å². The Labute approximate surface area is 104 Å². The highest BCUT2D eigenvalue weighted by molar-refractivity contribution is 7.98. The first kappa shape index (κ1) is 13.6. The van der Waals surface area contributed by atoms with Crippen molar-refractivity contribution in [3.8, 4) is 0 Å². The number of aryl methyl sites for hydroxylation is 1. The van der Waals surface area contributed by atoms with E-state index >= 15 is 0 Å². The molecule has 0 atom stereocenters. The van der Waals surface area contributed by atoms with Crippen molar-refractivity contribution in [2.24, 2.45) is 0 Å². The van der Waals surface area contributed by atoms with Crippen LogP contribution >= 0.6 is 11.8 Å². The van der Waals surface area contributed by atoms with Crippen LogP contribution in [-0.4, -0.2) is 29.0 Å². The number of amides is 1. The van der Waals surface area contributed by atoms with E-state index in [-0.39, 0.29) is 11.5 Å². The van der Waals surface area contributed by atoms with Crippen LogP contribution in [0.1, 0.15) is 22.3 Å². The zero-order valence-corrected chi connectivity index (χ0v) is 10.6. The number of hydrogen-bond acceptors (Lipinski definition) is 3. The second kappa shape index (κ2) is 6.30. The summed E-state index contributed by atoms with van der Waals surface area (Å²) in [6, 6.07) is 4.88. The monoisotopic (exact) mass is 253 g/mol. The lowest BCUT2D eigenvalue weighted by Crippen LogP contribution is -2.13. The smallest absolute Gasteiger partial charge is 0.336 e. The third-order valence-electron chi connectivity index (χ3n) is 2.28. The van der Waals surface area contributed by atoms with Gasteiger partial charge in [-0.3, -0.25) is 4.79 Å². The predicted molar refractivity (Wildman–Crippen MR) is 69.8 cm³/mol. The third kappa shape index (κ3) is 4.11. The largest absolute Gasteiger partial charge is 0.478 e. The van der Waals surface area contributed by atoms with Gasteiger partial charge < -0.3 is 10.4 Å². The van der Waals surface area contributed by atoms with Crippen LogP contribution < -0.4 is 5.32 Å². The van der Waals surface area contributed by atoms with Crippen molar-refractivity contribution in [2.45, 2.75) is 13.3 Å². The number of carboxylic acids is 1. The molecule has 17 heavy (non-hydrogen) atoms. The molecule has 4 nitrogen and oxygen atoms in total. The van der Waals surface area contributed by atoms with Gasteiger partial charge in [0.05, 0.1) is 5.56 Å². The number of carbonyl (C=O) groups is 2. The first-order valence-corrected chi connectivity index (χ1v) is 6.56. The summed E-state index contributed by atoms with van der Waals surface area (Å²) in [5.41, 5.74) is 1.42. The molecule has 0 bridgehead atoms. The van der Waals surface area contributed by atoms with Crippen molar-refractivity contribution in [1.82, 2.24) is 0 Å². The number of carbonyl (C=O) groups excluding carboxylic acids is 1. The van der Waals surface area contributed by atoms with Crippen molar-refractivity contribution >= 4 is 29.3 Å². The Morgan fingerprint density at radius 3 is 2.71 bits per heavy atom. The molecule has 1 aromatic rings. The number of aromatic carboxylic acids is 1. The highest BCUT2D eigenvalue weighted by Crippen LogP contribution is 2.15. The number of nitrogens with one attached hydrogen (secondary N) is 1. The summed E-state index contributed by atoms with van der Waals surface area (Å²) in [5, 5.41) is 11.6. The van der Waals surface area contributed by atoms with E-state index in [1.54, 1.807) is 30.8 Å². The van der Waals surface area contributed by atoms with Gasteiger partial charge in [-0.2, -0.15) is 11.8 Å². The van der Waals surface area contributed by atoms with Crippen LogP contribution in [0.4, 0.5) is 5.69 Å². The minimum atomic E-state index is -0.984. The topological polar surface area (TPSA) is 66.4 Å². The molecular formula is C12H15NO3S. The quantitative estimate of drug-likeness (QED) is 0.845. The maximum Gasteiger partial charge on any atom is 0.336 e. The summed E-state index contributed by atoms with van der Waals surface area (Å²) >= 11 is 1.60. The number of carboxylic acid groups (broad SMARTS) is 1. The van der Waals surface area contributed by atoms with E-state index in [1.807, 2.05) is 6.26 Å². The zero-order chi connectivity index (χ0) is 12.8. The highest BCUT2D eigenvalue weighted by Gasteiger charge is 2.09. The fraction of sp³-hybridized carbons (Fsp3) is 0.333. The van der Waals surface area contributed by atoms with Gasteiger partial charge in [-0.15, -0.1) is 0 Å². The lowest BCUT2D eigenvalue weighted by molar-refractivity contribution is -0.115. The first-order chi connectivity index (χ1) is 8.04. The molecule has 92 valence electrons. The Kier molecular flexibility index (Phi) is 5.03. The van der Waals surface area contributed by atoms with Gasteiger partial charge in [0, 0.05) is 17.9 Å². The summed E-state index contributed by atoms with van der Waals surface area (Å²) in [6.45, 7) is 1.72. The fourth-order valence-electron chi connectivity index (χ4n) is 1.35. The van der Waals surface area contributed by atoms with Gasteiger partial charge in [0.25, 0.3) is 0 Å². The van der Waals surface area contributed by atoms with Crippen LogP contribution in [0, 0.1) is 6.92 Å². The molecule has 0 radical (unpaired) electrons. The van der Waals surface area contributed by atoms with Crippen LogP contribution in [0.15, 0.2) is 18.2 Å². The molecule has 0 aliphatic carbocycles. The van der Waals surface area contributed by atoms with Gasteiger partial charge in [0.15, 0.2) is 0 Å². The molecule has 0 spiro atoms. The molecule has 0 unspecified atom stereocenters. The van der Waals surface area contributed by atoms with Crippen LogP contribution in [-0.2, 0) is 4.79 Å². The number of thioether (sulfide) groups is 1. The Balaban J connectivity index is 2.75. The molecule has 1 aromatic carbocycles. The molecule has 0 saturated carbocycles. The second-order valence-electron chi connectivity index (χ2n) is 3.63. The van der Waals surface area contributed by atoms with Gasteiger partial charge in [-0.05, 0) is 30.9 Å². The van der Waals surface area contributed by atoms with Gasteiger partial charge >= 0.3 is 5.97 Å². The molecular weight excluding hydrogens is 238 g/mol. The van der Waals surface area contributed by atoms with E-state index in [0.29, 0.717) is 17.7 Å². The molecule has 2 N–H and O–H groups in total. The Bertz CT molecular complexity index is 432. The molecule has 0 aliphatic rings. The number of anilines is 1. The fourth-order valence-corrected chi connectivity index (χ4v) is 1.74. The number of hydrogen-bond donors (Lipinski definition) is 2. The van der Waals surface area contributed by atoms with E-state index in [0.717, 1.165) is 5.75 Å². The lowest BCUT2D eigenvalue weighted by Gasteiger charge is -2.07. The van der Waals surface area contributed by atoms with E-state index in [1.165, 1.54) is 6.07 Å². The normalized spacial score (nSPS) is 10.0. The SMILES string of the molecule is CSCCC(=O)Nc1ccc(C)c(C(=O)O)c1. The summed E-state index contributed by atoms with van der Waals surface area (Å²) < 4.78 is 0. The maximum atomic E-state index is 11.5. The zero-order valence-electron chi connectivity index (χ0n) is 9.82. The van der Waals surface area contributed by atoms with Crippen molar-refractivity contribution in [1.29, 1.82) is 0 Å². The molecule has 5 heteroatoms. The summed E-state index contributed by atoms with van der Waals surface area (Å²) in [5.74, 6) is -0.328. The molecule has 0 saturated heterocycles. The first-order valence-electron chi connectivity index (χ1n) is 5.17. The molecule has 0 aromatic heterocycles. The number of benzene rings is 1.